The Labute approximate surface area is 189 Å². The predicted octanol–water partition coefficient (Wildman–Crippen LogP) is 3.99. The van der Waals surface area contributed by atoms with Crippen LogP contribution in [-0.4, -0.2) is 30.1 Å². The number of benzene rings is 3. The van der Waals surface area contributed by atoms with Gasteiger partial charge in [0.2, 0.25) is 0 Å². The van der Waals surface area contributed by atoms with Crippen LogP contribution in [-0.2, 0) is 4.79 Å². The van der Waals surface area contributed by atoms with Crippen LogP contribution in [0.4, 0.5) is 5.69 Å². The van der Waals surface area contributed by atoms with Gasteiger partial charge in [-0.1, -0.05) is 30.3 Å². The number of esters is 1. The summed E-state index contributed by atoms with van der Waals surface area (Å²) in [4.78, 5) is 34.4. The van der Waals surface area contributed by atoms with Gasteiger partial charge in [-0.25, -0.2) is 10.2 Å². The standard InChI is InChI=1S/C24H19N3O6/c1-32-21-11-8-17(9-12-21)10-13-23(28)33-22-7-2-4-18(14-22)16-25-26-24(29)19-5-3-6-20(15-19)27(30)31/h2-16H,1H3,(H,26,29)/b13-10+,25-16-. The largest absolute Gasteiger partial charge is 0.497 e. The van der Waals surface area contributed by atoms with Gasteiger partial charge in [-0.3, -0.25) is 14.9 Å². The minimum atomic E-state index is -0.596. The Morgan fingerprint density at radius 2 is 1.73 bits per heavy atom. The lowest BCUT2D eigenvalue weighted by molar-refractivity contribution is -0.384. The van der Waals surface area contributed by atoms with Gasteiger partial charge in [0.05, 0.1) is 18.2 Å². The number of hydrogen-bond acceptors (Lipinski definition) is 7. The Kier molecular flexibility index (Phi) is 7.63. The van der Waals surface area contributed by atoms with Crippen LogP contribution in [0.5, 0.6) is 11.5 Å². The third-order valence-corrected chi connectivity index (χ3v) is 4.30. The van der Waals surface area contributed by atoms with Crippen molar-refractivity contribution in [1.82, 2.24) is 5.43 Å². The zero-order chi connectivity index (χ0) is 23.6. The van der Waals surface area contributed by atoms with Gasteiger partial charge in [-0.05, 0) is 47.5 Å². The molecule has 0 saturated carbocycles. The molecule has 0 atom stereocenters. The fourth-order valence-corrected chi connectivity index (χ4v) is 2.68. The van der Waals surface area contributed by atoms with Gasteiger partial charge >= 0.3 is 5.97 Å². The zero-order valence-electron chi connectivity index (χ0n) is 17.5. The molecule has 0 heterocycles. The number of nitrogens with one attached hydrogen (secondary N) is 1. The summed E-state index contributed by atoms with van der Waals surface area (Å²) in [5.74, 6) is -0.136. The number of hydrazone groups is 1. The van der Waals surface area contributed by atoms with Gasteiger partial charge in [0.15, 0.2) is 0 Å². The smallest absolute Gasteiger partial charge is 0.336 e. The van der Waals surface area contributed by atoms with E-state index in [2.05, 4.69) is 10.5 Å². The second-order valence-corrected chi connectivity index (χ2v) is 6.61. The van der Waals surface area contributed by atoms with Crippen LogP contribution >= 0.6 is 0 Å². The van der Waals surface area contributed by atoms with Crippen LogP contribution in [0, 0.1) is 10.1 Å². The Morgan fingerprint density at radius 3 is 2.45 bits per heavy atom. The molecule has 0 radical (unpaired) electrons. The summed E-state index contributed by atoms with van der Waals surface area (Å²) in [5, 5.41) is 14.7. The maximum Gasteiger partial charge on any atom is 0.336 e. The second kappa shape index (κ2) is 11.0. The van der Waals surface area contributed by atoms with Crippen molar-refractivity contribution in [3.05, 3.63) is 106 Å². The highest BCUT2D eigenvalue weighted by Gasteiger charge is 2.10. The molecule has 1 amide bonds. The number of nitro groups is 1. The van der Waals surface area contributed by atoms with Gasteiger partial charge in [0, 0.05) is 23.8 Å². The third kappa shape index (κ3) is 6.86. The highest BCUT2D eigenvalue weighted by atomic mass is 16.6. The molecule has 3 aromatic carbocycles. The number of amides is 1. The van der Waals surface area contributed by atoms with Crippen molar-refractivity contribution in [1.29, 1.82) is 0 Å². The summed E-state index contributed by atoms with van der Waals surface area (Å²) in [6.07, 6.45) is 4.29. The molecule has 0 unspecified atom stereocenters. The fraction of sp³-hybridized carbons (Fsp3) is 0.0417. The molecule has 3 aromatic rings. The van der Waals surface area contributed by atoms with Gasteiger partial charge in [0.1, 0.15) is 11.5 Å². The Hall–Kier alpha value is -4.79. The number of methoxy groups -OCH3 is 1. The van der Waals surface area contributed by atoms with E-state index in [9.17, 15) is 19.7 Å². The van der Waals surface area contributed by atoms with E-state index in [0.29, 0.717) is 11.3 Å². The van der Waals surface area contributed by atoms with Crippen LogP contribution in [0.2, 0.25) is 0 Å². The minimum absolute atomic E-state index is 0.104. The van der Waals surface area contributed by atoms with Crippen LogP contribution in [0.15, 0.2) is 84.0 Å². The van der Waals surface area contributed by atoms with E-state index >= 15 is 0 Å². The number of carbonyl (C=O) groups is 2. The number of non-ortho nitro benzene ring substituents is 1. The van der Waals surface area contributed by atoms with E-state index in [-0.39, 0.29) is 11.3 Å². The average Bonchev–Trinajstić information content (AvgIpc) is 2.83. The van der Waals surface area contributed by atoms with E-state index in [1.54, 1.807) is 49.6 Å². The SMILES string of the molecule is COc1ccc(/C=C/C(=O)Oc2cccc(/C=N\NC(=O)c3cccc([N+](=O)[O-])c3)c2)cc1. The monoisotopic (exact) mass is 445 g/mol. The molecule has 166 valence electrons. The second-order valence-electron chi connectivity index (χ2n) is 6.61. The van der Waals surface area contributed by atoms with Crippen molar-refractivity contribution in [3.63, 3.8) is 0 Å². The quantitative estimate of drug-likeness (QED) is 0.140. The fourth-order valence-electron chi connectivity index (χ4n) is 2.68. The van der Waals surface area contributed by atoms with Crippen molar-refractivity contribution in [2.45, 2.75) is 0 Å². The Bertz CT molecular complexity index is 1220. The first-order valence-corrected chi connectivity index (χ1v) is 9.66. The molecule has 3 rings (SSSR count). The highest BCUT2D eigenvalue weighted by molar-refractivity contribution is 5.95. The molecule has 0 aromatic heterocycles. The van der Waals surface area contributed by atoms with Gasteiger partial charge < -0.3 is 9.47 Å². The molecule has 0 aliphatic rings. The lowest BCUT2D eigenvalue weighted by Crippen LogP contribution is -2.17. The van der Waals surface area contributed by atoms with Crippen molar-refractivity contribution in [3.8, 4) is 11.5 Å². The average molecular weight is 445 g/mol. The Morgan fingerprint density at radius 1 is 0.970 bits per heavy atom. The number of carbonyl (C=O) groups excluding carboxylic acids is 2. The molecular weight excluding hydrogens is 426 g/mol. The molecule has 9 nitrogen and oxygen atoms in total. The third-order valence-electron chi connectivity index (χ3n) is 4.30. The lowest BCUT2D eigenvalue weighted by Gasteiger charge is -2.03. The number of hydrogen-bond donors (Lipinski definition) is 1. The zero-order valence-corrected chi connectivity index (χ0v) is 17.5. The van der Waals surface area contributed by atoms with Crippen LogP contribution in [0.25, 0.3) is 6.08 Å². The first kappa shape index (κ1) is 22.9. The normalized spacial score (nSPS) is 10.8. The summed E-state index contributed by atoms with van der Waals surface area (Å²) in [6.45, 7) is 0. The molecule has 1 N–H and O–H groups in total. The van der Waals surface area contributed by atoms with Crippen molar-refractivity contribution < 1.29 is 24.0 Å². The van der Waals surface area contributed by atoms with E-state index in [0.717, 1.165) is 17.4 Å². The van der Waals surface area contributed by atoms with Crippen molar-refractivity contribution in [2.24, 2.45) is 5.10 Å². The van der Waals surface area contributed by atoms with Gasteiger partial charge in [0.25, 0.3) is 11.6 Å². The summed E-state index contributed by atoms with van der Waals surface area (Å²) >= 11 is 0. The van der Waals surface area contributed by atoms with Crippen molar-refractivity contribution in [2.75, 3.05) is 7.11 Å². The number of rotatable bonds is 8. The molecule has 0 aliphatic heterocycles. The van der Waals surface area contributed by atoms with E-state index in [1.807, 2.05) is 12.1 Å². The summed E-state index contributed by atoms with van der Waals surface area (Å²) in [7, 11) is 1.58. The molecule has 33 heavy (non-hydrogen) atoms. The first-order valence-electron chi connectivity index (χ1n) is 9.66. The Balaban J connectivity index is 1.57. The van der Waals surface area contributed by atoms with E-state index < -0.39 is 16.8 Å². The molecule has 0 saturated heterocycles. The lowest BCUT2D eigenvalue weighted by atomic mass is 10.2. The predicted molar refractivity (Wildman–Crippen MR) is 122 cm³/mol. The van der Waals surface area contributed by atoms with E-state index in [1.165, 1.54) is 30.5 Å². The minimum Gasteiger partial charge on any atom is -0.497 e. The molecule has 0 bridgehead atoms. The summed E-state index contributed by atoms with van der Waals surface area (Å²) in [5.41, 5.74) is 3.59. The maximum absolute atomic E-state index is 12.1. The van der Waals surface area contributed by atoms with Crippen LogP contribution < -0.4 is 14.9 Å². The number of nitrogens with zero attached hydrogens (tertiary/aromatic N) is 2. The number of ether oxygens (including phenoxy) is 2. The van der Waals surface area contributed by atoms with Gasteiger partial charge in [-0.15, -0.1) is 0 Å². The molecule has 9 heteroatoms. The number of nitro benzene ring substituents is 1. The summed E-state index contributed by atoms with van der Waals surface area (Å²) in [6, 6.07) is 19.0. The van der Waals surface area contributed by atoms with E-state index in [4.69, 9.17) is 9.47 Å². The van der Waals surface area contributed by atoms with Crippen molar-refractivity contribution >= 4 is 29.9 Å². The topological polar surface area (TPSA) is 120 Å². The van der Waals surface area contributed by atoms with Gasteiger partial charge in [-0.2, -0.15) is 5.10 Å². The first-order chi connectivity index (χ1) is 15.9. The summed E-state index contributed by atoms with van der Waals surface area (Å²) < 4.78 is 10.4. The maximum atomic E-state index is 12.1. The highest BCUT2D eigenvalue weighted by Crippen LogP contribution is 2.15. The molecule has 0 aliphatic carbocycles. The van der Waals surface area contributed by atoms with Crippen LogP contribution in [0.3, 0.4) is 0 Å². The molecule has 0 fully saturated rings. The molecular formula is C24H19N3O6. The van der Waals surface area contributed by atoms with Crippen LogP contribution in [0.1, 0.15) is 21.5 Å². The molecule has 0 spiro atoms.